The predicted octanol–water partition coefficient (Wildman–Crippen LogP) is 1.90. The van der Waals surface area contributed by atoms with E-state index in [2.05, 4.69) is 10.1 Å². The van der Waals surface area contributed by atoms with Gasteiger partial charge in [-0.3, -0.25) is 0 Å². The highest BCUT2D eigenvalue weighted by atomic mass is 35.5. The van der Waals surface area contributed by atoms with E-state index in [1.807, 2.05) is 0 Å². The van der Waals surface area contributed by atoms with E-state index in [-0.39, 0.29) is 0 Å². The fourth-order valence-corrected chi connectivity index (χ4v) is 2.41. The second kappa shape index (κ2) is 2.36. The molecule has 13 heavy (non-hydrogen) atoms. The van der Waals surface area contributed by atoms with Crippen molar-refractivity contribution in [2.75, 3.05) is 5.73 Å². The lowest BCUT2D eigenvalue weighted by molar-refractivity contribution is 0.968. The van der Waals surface area contributed by atoms with E-state index in [0.717, 1.165) is 10.7 Å². The molecule has 4 nitrogen and oxygen atoms in total. The van der Waals surface area contributed by atoms with Gasteiger partial charge in [0.05, 0.1) is 5.69 Å². The number of nitrogens with zero attached hydrogens (tertiary/aromatic N) is 3. The third kappa shape index (κ3) is 1.04. The lowest BCUT2D eigenvalue weighted by Gasteiger charge is -1.89. The number of hydrogen-bond donors (Lipinski definition) is 1. The van der Waals surface area contributed by atoms with E-state index in [9.17, 15) is 0 Å². The summed E-state index contributed by atoms with van der Waals surface area (Å²) in [6, 6.07) is 0. The molecule has 0 unspecified atom stereocenters. The Morgan fingerprint density at radius 3 is 2.92 bits per heavy atom. The van der Waals surface area contributed by atoms with Gasteiger partial charge in [0.15, 0.2) is 5.15 Å². The maximum atomic E-state index is 6.09. The standard InChI is InChI=1S/C7H7ClN4S/c8-5-4(3-1-2-3)10-7-12(5)11-6(9)13-7/h3H,1-2H2,(H2,9,11). The molecule has 0 radical (unpaired) electrons. The van der Waals surface area contributed by atoms with E-state index in [1.54, 1.807) is 4.52 Å². The van der Waals surface area contributed by atoms with Gasteiger partial charge < -0.3 is 5.73 Å². The Morgan fingerprint density at radius 2 is 2.31 bits per heavy atom. The molecule has 2 aromatic heterocycles. The Labute approximate surface area is 83.3 Å². The van der Waals surface area contributed by atoms with E-state index in [1.165, 1.54) is 24.2 Å². The summed E-state index contributed by atoms with van der Waals surface area (Å²) >= 11 is 7.46. The van der Waals surface area contributed by atoms with Gasteiger partial charge in [-0.2, -0.15) is 4.52 Å². The number of rotatable bonds is 1. The highest BCUT2D eigenvalue weighted by Gasteiger charge is 2.30. The van der Waals surface area contributed by atoms with Crippen molar-refractivity contribution in [3.8, 4) is 0 Å². The Balaban J connectivity index is 2.26. The Morgan fingerprint density at radius 1 is 1.54 bits per heavy atom. The summed E-state index contributed by atoms with van der Waals surface area (Å²) in [5.74, 6) is 0.558. The Kier molecular flexibility index (Phi) is 1.38. The first-order chi connectivity index (χ1) is 6.25. The van der Waals surface area contributed by atoms with Gasteiger partial charge >= 0.3 is 0 Å². The summed E-state index contributed by atoms with van der Waals surface area (Å²) in [5, 5.41) is 5.20. The van der Waals surface area contributed by atoms with Crippen LogP contribution in [0.3, 0.4) is 0 Å². The molecule has 1 fully saturated rings. The number of nitrogen functional groups attached to an aromatic ring is 1. The first-order valence-electron chi connectivity index (χ1n) is 4.06. The first-order valence-corrected chi connectivity index (χ1v) is 5.25. The van der Waals surface area contributed by atoms with Crippen molar-refractivity contribution >= 4 is 33.0 Å². The van der Waals surface area contributed by atoms with Crippen LogP contribution < -0.4 is 5.73 Å². The van der Waals surface area contributed by atoms with Crippen LogP contribution in [0.5, 0.6) is 0 Å². The largest absolute Gasteiger partial charge is 0.374 e. The zero-order valence-electron chi connectivity index (χ0n) is 6.70. The summed E-state index contributed by atoms with van der Waals surface area (Å²) in [5.41, 5.74) is 6.52. The molecule has 1 saturated carbocycles. The zero-order valence-corrected chi connectivity index (χ0v) is 8.27. The summed E-state index contributed by atoms with van der Waals surface area (Å²) in [6.45, 7) is 0. The van der Waals surface area contributed by atoms with Crippen LogP contribution in [0.1, 0.15) is 24.5 Å². The molecule has 0 bridgehead atoms. The molecular formula is C7H7ClN4S. The second-order valence-electron chi connectivity index (χ2n) is 3.20. The Bertz CT molecular complexity index is 470. The number of aromatic nitrogens is 3. The van der Waals surface area contributed by atoms with E-state index in [0.29, 0.717) is 16.2 Å². The quantitative estimate of drug-likeness (QED) is 0.789. The topological polar surface area (TPSA) is 56.2 Å². The van der Waals surface area contributed by atoms with Crippen molar-refractivity contribution in [1.82, 2.24) is 14.6 Å². The van der Waals surface area contributed by atoms with Gasteiger partial charge in [0.1, 0.15) is 0 Å². The third-order valence-corrected chi connectivity index (χ3v) is 3.24. The van der Waals surface area contributed by atoms with Crippen LogP contribution in [0.2, 0.25) is 5.15 Å². The Hall–Kier alpha value is -0.810. The monoisotopic (exact) mass is 214 g/mol. The molecule has 0 atom stereocenters. The fourth-order valence-electron chi connectivity index (χ4n) is 1.37. The van der Waals surface area contributed by atoms with Crippen molar-refractivity contribution in [1.29, 1.82) is 0 Å². The van der Waals surface area contributed by atoms with Gasteiger partial charge in [-0.1, -0.05) is 22.9 Å². The number of hydrogen-bond acceptors (Lipinski definition) is 4. The van der Waals surface area contributed by atoms with Crippen molar-refractivity contribution in [2.24, 2.45) is 0 Å². The normalized spacial score (nSPS) is 17.0. The van der Waals surface area contributed by atoms with Crippen molar-refractivity contribution in [3.63, 3.8) is 0 Å². The van der Waals surface area contributed by atoms with Gasteiger partial charge in [0.25, 0.3) is 0 Å². The minimum atomic E-state index is 0.506. The molecule has 2 aromatic rings. The molecule has 2 N–H and O–H groups in total. The minimum absolute atomic E-state index is 0.506. The molecule has 0 amide bonds. The molecule has 0 aliphatic heterocycles. The summed E-state index contributed by atoms with van der Waals surface area (Å²) in [7, 11) is 0. The molecule has 68 valence electrons. The number of imidazole rings is 1. The van der Waals surface area contributed by atoms with Crippen LogP contribution in [-0.2, 0) is 0 Å². The molecular weight excluding hydrogens is 208 g/mol. The summed E-state index contributed by atoms with van der Waals surface area (Å²) in [6.07, 6.45) is 2.39. The van der Waals surface area contributed by atoms with E-state index in [4.69, 9.17) is 17.3 Å². The van der Waals surface area contributed by atoms with Crippen LogP contribution in [0, 0.1) is 0 Å². The number of anilines is 1. The second-order valence-corrected chi connectivity index (χ2v) is 4.54. The predicted molar refractivity (Wildman–Crippen MR) is 52.3 cm³/mol. The van der Waals surface area contributed by atoms with Gasteiger partial charge in [-0.25, -0.2) is 4.98 Å². The van der Waals surface area contributed by atoms with Crippen LogP contribution in [0.15, 0.2) is 0 Å². The highest BCUT2D eigenvalue weighted by Crippen LogP contribution is 2.43. The lowest BCUT2D eigenvalue weighted by atomic mass is 10.3. The zero-order chi connectivity index (χ0) is 9.00. The van der Waals surface area contributed by atoms with Gasteiger partial charge in [-0.15, -0.1) is 5.10 Å². The van der Waals surface area contributed by atoms with Crippen LogP contribution in [-0.4, -0.2) is 14.6 Å². The van der Waals surface area contributed by atoms with Crippen molar-refractivity contribution in [2.45, 2.75) is 18.8 Å². The summed E-state index contributed by atoms with van der Waals surface area (Å²) < 4.78 is 1.62. The number of halogens is 1. The molecule has 6 heteroatoms. The highest BCUT2D eigenvalue weighted by molar-refractivity contribution is 7.20. The molecule has 1 aliphatic rings. The number of nitrogens with two attached hydrogens (primary N) is 1. The molecule has 0 saturated heterocycles. The van der Waals surface area contributed by atoms with Crippen molar-refractivity contribution in [3.05, 3.63) is 10.8 Å². The van der Waals surface area contributed by atoms with Crippen LogP contribution in [0.25, 0.3) is 4.96 Å². The third-order valence-electron chi connectivity index (χ3n) is 2.15. The first kappa shape index (κ1) is 7.58. The minimum Gasteiger partial charge on any atom is -0.374 e. The maximum Gasteiger partial charge on any atom is 0.215 e. The van der Waals surface area contributed by atoms with E-state index >= 15 is 0 Å². The molecule has 2 heterocycles. The van der Waals surface area contributed by atoms with Gasteiger partial charge in [0.2, 0.25) is 10.1 Å². The maximum absolute atomic E-state index is 6.09. The molecule has 0 spiro atoms. The van der Waals surface area contributed by atoms with Crippen LogP contribution >= 0.6 is 22.9 Å². The van der Waals surface area contributed by atoms with Gasteiger partial charge in [0, 0.05) is 5.92 Å². The average Bonchev–Trinajstić information content (AvgIpc) is 2.79. The van der Waals surface area contributed by atoms with Crippen LogP contribution in [0.4, 0.5) is 5.13 Å². The smallest absolute Gasteiger partial charge is 0.215 e. The van der Waals surface area contributed by atoms with E-state index < -0.39 is 0 Å². The molecule has 0 aromatic carbocycles. The SMILES string of the molecule is Nc1nn2c(Cl)c(C3CC3)nc2s1. The lowest BCUT2D eigenvalue weighted by Crippen LogP contribution is -1.88. The molecule has 1 aliphatic carbocycles. The average molecular weight is 215 g/mol. The van der Waals surface area contributed by atoms with Gasteiger partial charge in [-0.05, 0) is 12.8 Å². The molecule has 3 rings (SSSR count). The summed E-state index contributed by atoms with van der Waals surface area (Å²) in [4.78, 5) is 5.20. The fraction of sp³-hybridized carbons (Fsp3) is 0.429. The number of fused-ring (bicyclic) bond motifs is 1. The van der Waals surface area contributed by atoms with Crippen molar-refractivity contribution < 1.29 is 0 Å².